The zero-order chi connectivity index (χ0) is 15.1. The number of benzene rings is 1. The number of rotatable bonds is 6. The second-order valence-corrected chi connectivity index (χ2v) is 5.28. The van der Waals surface area contributed by atoms with Gasteiger partial charge in [0.05, 0.1) is 13.0 Å². The fourth-order valence-corrected chi connectivity index (χ4v) is 2.36. The van der Waals surface area contributed by atoms with Gasteiger partial charge >= 0.3 is 12.0 Å². The van der Waals surface area contributed by atoms with Gasteiger partial charge in [-0.05, 0) is 11.1 Å². The first-order valence-electron chi connectivity index (χ1n) is 6.34. The number of aromatic nitrogens is 1. The van der Waals surface area contributed by atoms with Crippen LogP contribution < -0.4 is 10.6 Å². The minimum absolute atomic E-state index is 0.0570. The summed E-state index contributed by atoms with van der Waals surface area (Å²) in [4.78, 5) is 26.5. The van der Waals surface area contributed by atoms with Crippen LogP contribution in [0.15, 0.2) is 35.8 Å². The van der Waals surface area contributed by atoms with Gasteiger partial charge in [-0.1, -0.05) is 24.3 Å². The van der Waals surface area contributed by atoms with Gasteiger partial charge in [0.1, 0.15) is 5.01 Å². The molecule has 0 aliphatic heterocycles. The lowest BCUT2D eigenvalue weighted by Crippen LogP contribution is -2.34. The summed E-state index contributed by atoms with van der Waals surface area (Å²) in [6, 6.07) is 6.84. The Hall–Kier alpha value is -2.41. The van der Waals surface area contributed by atoms with Crippen molar-refractivity contribution in [1.29, 1.82) is 0 Å². The zero-order valence-electron chi connectivity index (χ0n) is 11.2. The summed E-state index contributed by atoms with van der Waals surface area (Å²) in [7, 11) is 0. The number of nitrogens with zero attached hydrogens (tertiary/aromatic N) is 1. The molecular formula is C14H15N3O3S. The maximum atomic E-state index is 11.7. The molecule has 0 fully saturated rings. The number of nitrogens with one attached hydrogen (secondary N) is 2. The van der Waals surface area contributed by atoms with E-state index >= 15 is 0 Å². The second kappa shape index (κ2) is 7.39. The predicted molar refractivity (Wildman–Crippen MR) is 79.0 cm³/mol. The van der Waals surface area contributed by atoms with Crippen molar-refractivity contribution < 1.29 is 14.7 Å². The van der Waals surface area contributed by atoms with Gasteiger partial charge in [-0.2, -0.15) is 0 Å². The van der Waals surface area contributed by atoms with Crippen molar-refractivity contribution >= 4 is 23.3 Å². The van der Waals surface area contributed by atoms with Crippen LogP contribution in [0, 0.1) is 0 Å². The lowest BCUT2D eigenvalue weighted by molar-refractivity contribution is -0.136. The molecule has 0 aliphatic carbocycles. The van der Waals surface area contributed by atoms with E-state index in [1.807, 2.05) is 11.4 Å². The first-order valence-corrected chi connectivity index (χ1v) is 7.22. The van der Waals surface area contributed by atoms with Gasteiger partial charge in [-0.15, -0.1) is 11.3 Å². The molecule has 2 amide bonds. The van der Waals surface area contributed by atoms with Crippen LogP contribution in [-0.2, 0) is 24.3 Å². The number of urea groups is 1. The van der Waals surface area contributed by atoms with Crippen LogP contribution in [0.1, 0.15) is 16.1 Å². The van der Waals surface area contributed by atoms with Crippen LogP contribution in [0.2, 0.25) is 0 Å². The van der Waals surface area contributed by atoms with E-state index in [9.17, 15) is 9.59 Å². The molecule has 21 heavy (non-hydrogen) atoms. The molecule has 0 unspecified atom stereocenters. The van der Waals surface area contributed by atoms with E-state index in [1.165, 1.54) is 11.3 Å². The molecule has 0 saturated heterocycles. The first kappa shape index (κ1) is 15.0. The van der Waals surface area contributed by atoms with Crippen LogP contribution in [-0.4, -0.2) is 22.1 Å². The van der Waals surface area contributed by atoms with Crippen LogP contribution in [0.3, 0.4) is 0 Å². The van der Waals surface area contributed by atoms with Crippen LogP contribution in [0.4, 0.5) is 4.79 Å². The van der Waals surface area contributed by atoms with Crippen molar-refractivity contribution in [3.8, 4) is 0 Å². The Labute approximate surface area is 125 Å². The van der Waals surface area contributed by atoms with Crippen molar-refractivity contribution in [1.82, 2.24) is 15.6 Å². The van der Waals surface area contributed by atoms with Crippen LogP contribution in [0.25, 0.3) is 0 Å². The molecule has 2 rings (SSSR count). The van der Waals surface area contributed by atoms with Crippen molar-refractivity contribution in [3.63, 3.8) is 0 Å². The van der Waals surface area contributed by atoms with Gasteiger partial charge in [0.2, 0.25) is 0 Å². The van der Waals surface area contributed by atoms with E-state index in [2.05, 4.69) is 15.6 Å². The summed E-state index contributed by atoms with van der Waals surface area (Å²) in [5.74, 6) is -0.893. The number of hydrogen-bond acceptors (Lipinski definition) is 4. The molecule has 0 spiro atoms. The first-order chi connectivity index (χ1) is 10.1. The topological polar surface area (TPSA) is 91.3 Å². The van der Waals surface area contributed by atoms with Gasteiger partial charge < -0.3 is 15.7 Å². The molecule has 110 valence electrons. The maximum absolute atomic E-state index is 11.7. The van der Waals surface area contributed by atoms with Crippen molar-refractivity contribution in [2.24, 2.45) is 0 Å². The molecular weight excluding hydrogens is 290 g/mol. The molecule has 0 aliphatic rings. The molecule has 6 nitrogen and oxygen atoms in total. The number of carboxylic acid groups (broad SMARTS) is 1. The van der Waals surface area contributed by atoms with Gasteiger partial charge in [-0.3, -0.25) is 4.79 Å². The quantitative estimate of drug-likeness (QED) is 0.758. The second-order valence-electron chi connectivity index (χ2n) is 4.30. The number of hydrogen-bond donors (Lipinski definition) is 3. The van der Waals surface area contributed by atoms with E-state index < -0.39 is 5.97 Å². The van der Waals surface area contributed by atoms with Gasteiger partial charge in [0, 0.05) is 18.1 Å². The minimum Gasteiger partial charge on any atom is -0.481 e. The molecule has 7 heteroatoms. The third-order valence-corrected chi connectivity index (χ3v) is 3.56. The number of carboxylic acids is 1. The largest absolute Gasteiger partial charge is 0.481 e. The van der Waals surface area contributed by atoms with Gasteiger partial charge in [0.15, 0.2) is 0 Å². The summed E-state index contributed by atoms with van der Waals surface area (Å²) >= 11 is 1.47. The fraction of sp³-hybridized carbons (Fsp3) is 0.214. The van der Waals surface area contributed by atoms with Crippen molar-refractivity contribution in [3.05, 3.63) is 52.0 Å². The molecule has 0 atom stereocenters. The van der Waals surface area contributed by atoms with Crippen molar-refractivity contribution in [2.75, 3.05) is 0 Å². The number of thiazole rings is 1. The zero-order valence-corrected chi connectivity index (χ0v) is 12.0. The summed E-state index contributed by atoms with van der Waals surface area (Å²) in [6.07, 6.45) is 1.63. The summed E-state index contributed by atoms with van der Waals surface area (Å²) in [5, 5.41) is 16.9. The molecule has 0 radical (unpaired) electrons. The van der Waals surface area contributed by atoms with Crippen LogP contribution >= 0.6 is 11.3 Å². The highest BCUT2D eigenvalue weighted by Gasteiger charge is 2.07. The normalized spacial score (nSPS) is 10.1. The molecule has 1 heterocycles. The molecule has 3 N–H and O–H groups in total. The summed E-state index contributed by atoms with van der Waals surface area (Å²) < 4.78 is 0. The summed E-state index contributed by atoms with van der Waals surface area (Å²) in [6.45, 7) is 0.660. The number of amides is 2. The van der Waals surface area contributed by atoms with Gasteiger partial charge in [0.25, 0.3) is 0 Å². The highest BCUT2D eigenvalue weighted by atomic mass is 32.1. The Kier molecular flexibility index (Phi) is 5.28. The lowest BCUT2D eigenvalue weighted by atomic mass is 10.0. The number of carbonyl (C=O) groups is 2. The summed E-state index contributed by atoms with van der Waals surface area (Å²) in [5.41, 5.74) is 1.49. The highest BCUT2D eigenvalue weighted by molar-refractivity contribution is 7.09. The predicted octanol–water partition coefficient (Wildman–Crippen LogP) is 1.77. The monoisotopic (exact) mass is 305 g/mol. The molecule has 0 bridgehead atoms. The van der Waals surface area contributed by atoms with E-state index in [-0.39, 0.29) is 19.0 Å². The Morgan fingerprint density at radius 2 is 1.86 bits per heavy atom. The third-order valence-electron chi connectivity index (χ3n) is 2.78. The van der Waals surface area contributed by atoms with Gasteiger partial charge in [-0.25, -0.2) is 9.78 Å². The SMILES string of the molecule is O=C(O)Cc1ccccc1CNC(=O)NCc1nccs1. The standard InChI is InChI=1S/C14H15N3O3S/c18-13(19)7-10-3-1-2-4-11(10)8-16-14(20)17-9-12-15-5-6-21-12/h1-6H,7-9H2,(H,18,19)(H2,16,17,20). The Morgan fingerprint density at radius 3 is 2.52 bits per heavy atom. The van der Waals surface area contributed by atoms with E-state index in [4.69, 9.17) is 5.11 Å². The Balaban J connectivity index is 1.84. The molecule has 1 aromatic heterocycles. The highest BCUT2D eigenvalue weighted by Crippen LogP contribution is 2.09. The molecule has 1 aromatic carbocycles. The van der Waals surface area contributed by atoms with E-state index in [1.54, 1.807) is 24.4 Å². The lowest BCUT2D eigenvalue weighted by Gasteiger charge is -2.10. The molecule has 2 aromatic rings. The average molecular weight is 305 g/mol. The maximum Gasteiger partial charge on any atom is 0.315 e. The Morgan fingerprint density at radius 1 is 1.14 bits per heavy atom. The third kappa shape index (κ3) is 4.88. The average Bonchev–Trinajstić information content (AvgIpc) is 2.97. The fourth-order valence-electron chi connectivity index (χ4n) is 1.80. The van der Waals surface area contributed by atoms with Crippen LogP contribution in [0.5, 0.6) is 0 Å². The minimum atomic E-state index is -0.893. The van der Waals surface area contributed by atoms with E-state index in [0.29, 0.717) is 12.1 Å². The molecule has 0 saturated carbocycles. The van der Waals surface area contributed by atoms with E-state index in [0.717, 1.165) is 10.6 Å². The smallest absolute Gasteiger partial charge is 0.315 e. The Bertz CT molecular complexity index is 614. The van der Waals surface area contributed by atoms with Crippen molar-refractivity contribution in [2.45, 2.75) is 19.5 Å². The number of aliphatic carboxylic acids is 1. The number of carbonyl (C=O) groups excluding carboxylic acids is 1.